The first-order valence-corrected chi connectivity index (χ1v) is 12.7. The van der Waals surface area contributed by atoms with Gasteiger partial charge < -0.3 is 14.6 Å². The summed E-state index contributed by atoms with van der Waals surface area (Å²) in [4.78, 5) is 21.7. The zero-order valence-electron chi connectivity index (χ0n) is 20.4. The van der Waals surface area contributed by atoms with Crippen LogP contribution in [0.4, 0.5) is 0 Å². The number of carboxylic acid groups (broad SMARTS) is 1. The highest BCUT2D eigenvalue weighted by molar-refractivity contribution is 8.00. The van der Waals surface area contributed by atoms with E-state index in [1.807, 2.05) is 68.4 Å². The molecule has 0 aliphatic carbocycles. The van der Waals surface area contributed by atoms with Gasteiger partial charge in [-0.25, -0.2) is 0 Å². The fourth-order valence-corrected chi connectivity index (χ4v) is 4.15. The molecule has 6 heteroatoms. The van der Waals surface area contributed by atoms with E-state index in [-0.39, 0.29) is 11.9 Å². The molecule has 186 valence electrons. The Bertz CT molecular complexity index is 1270. The van der Waals surface area contributed by atoms with Gasteiger partial charge in [-0.3, -0.25) is 9.59 Å². The summed E-state index contributed by atoms with van der Waals surface area (Å²) < 4.78 is 11.9. The first-order valence-electron chi connectivity index (χ1n) is 11.7. The molecule has 5 nitrogen and oxygen atoms in total. The molecule has 0 heterocycles. The van der Waals surface area contributed by atoms with Gasteiger partial charge in [0.15, 0.2) is 0 Å². The number of carbonyl (C=O) groups excluding carboxylic acids is 1. The summed E-state index contributed by atoms with van der Waals surface area (Å²) in [5.74, 6) is 0.895. The Balaban J connectivity index is 0.000000383. The molecule has 0 amide bonds. The molecule has 0 saturated heterocycles. The second-order valence-corrected chi connectivity index (χ2v) is 9.23. The Morgan fingerprint density at radius 2 is 1.61 bits per heavy atom. The lowest BCUT2D eigenvalue weighted by atomic mass is 10.1. The molecule has 0 spiro atoms. The first-order chi connectivity index (χ1) is 17.4. The van der Waals surface area contributed by atoms with Crippen LogP contribution in [0.15, 0.2) is 95.9 Å². The van der Waals surface area contributed by atoms with Crippen LogP contribution in [0.25, 0.3) is 10.8 Å². The van der Waals surface area contributed by atoms with E-state index >= 15 is 0 Å². The lowest BCUT2D eigenvalue weighted by molar-refractivity contribution is -0.133. The highest BCUT2D eigenvalue weighted by atomic mass is 32.2. The van der Waals surface area contributed by atoms with Crippen LogP contribution >= 0.6 is 11.8 Å². The van der Waals surface area contributed by atoms with E-state index in [4.69, 9.17) is 14.6 Å². The van der Waals surface area contributed by atoms with Crippen molar-refractivity contribution in [3.63, 3.8) is 0 Å². The Morgan fingerprint density at radius 3 is 2.28 bits per heavy atom. The monoisotopic (exact) mass is 502 g/mol. The molecule has 36 heavy (non-hydrogen) atoms. The normalized spacial score (nSPS) is 11.2. The molecular formula is C30H30O5S. The molecule has 1 unspecified atom stereocenters. The molecule has 4 rings (SSSR count). The minimum atomic E-state index is -0.815. The van der Waals surface area contributed by atoms with Gasteiger partial charge in [0.2, 0.25) is 0 Å². The van der Waals surface area contributed by atoms with E-state index in [0.29, 0.717) is 6.61 Å². The maximum absolute atomic E-state index is 10.7. The van der Waals surface area contributed by atoms with Gasteiger partial charge in [0, 0.05) is 16.9 Å². The van der Waals surface area contributed by atoms with Crippen LogP contribution in [0.1, 0.15) is 29.3 Å². The molecule has 4 aromatic carbocycles. The summed E-state index contributed by atoms with van der Waals surface area (Å²) in [7, 11) is 0. The minimum absolute atomic E-state index is 0.0349. The van der Waals surface area contributed by atoms with Crippen molar-refractivity contribution in [3.8, 4) is 11.5 Å². The maximum Gasteiger partial charge on any atom is 0.313 e. The standard InChI is InChI=1S/C23H24O4S.C7H6O/c1-16-13-20(9-10-22(16)28-15-23(24)25)26-12-11-17(2)27-21-8-7-18-5-3-4-6-19(18)14-21;8-6-7-4-2-1-3-5-7/h3-10,13-14,17H,11-12,15H2,1-2H3,(H,24,25);1-6H. The molecule has 1 atom stereocenters. The molecule has 1 N–H and O–H groups in total. The predicted molar refractivity (Wildman–Crippen MR) is 146 cm³/mol. The lowest BCUT2D eigenvalue weighted by Gasteiger charge is -2.16. The zero-order valence-corrected chi connectivity index (χ0v) is 21.2. The number of aryl methyl sites for hydroxylation is 1. The molecule has 0 aromatic heterocycles. The lowest BCUT2D eigenvalue weighted by Crippen LogP contribution is -2.15. The van der Waals surface area contributed by atoms with Crippen LogP contribution < -0.4 is 9.47 Å². The summed E-state index contributed by atoms with van der Waals surface area (Å²) in [6, 6.07) is 29.2. The van der Waals surface area contributed by atoms with Crippen LogP contribution in [0, 0.1) is 6.92 Å². The second-order valence-electron chi connectivity index (χ2n) is 8.21. The van der Waals surface area contributed by atoms with Gasteiger partial charge in [-0.05, 0) is 60.5 Å². The summed E-state index contributed by atoms with van der Waals surface area (Å²) in [6.45, 7) is 4.55. The van der Waals surface area contributed by atoms with Gasteiger partial charge >= 0.3 is 5.97 Å². The van der Waals surface area contributed by atoms with Crippen LogP contribution in [0.3, 0.4) is 0 Å². The Labute approximate surface area is 216 Å². The van der Waals surface area contributed by atoms with Gasteiger partial charge in [0.25, 0.3) is 0 Å². The fourth-order valence-electron chi connectivity index (χ4n) is 3.42. The average Bonchev–Trinajstić information content (AvgIpc) is 2.89. The SMILES string of the molecule is Cc1cc(OCCC(C)Oc2ccc3ccccc3c2)ccc1SCC(=O)O.O=Cc1ccccc1. The summed E-state index contributed by atoms with van der Waals surface area (Å²) in [6.07, 6.45) is 1.63. The van der Waals surface area contributed by atoms with Crippen LogP contribution in [-0.4, -0.2) is 35.8 Å². The van der Waals surface area contributed by atoms with Crippen molar-refractivity contribution in [2.45, 2.75) is 31.3 Å². The van der Waals surface area contributed by atoms with E-state index in [2.05, 4.69) is 24.3 Å². The number of benzene rings is 4. The van der Waals surface area contributed by atoms with Crippen LogP contribution in [0.5, 0.6) is 11.5 Å². The first kappa shape index (κ1) is 26.8. The van der Waals surface area contributed by atoms with Crippen molar-refractivity contribution in [1.29, 1.82) is 0 Å². The van der Waals surface area contributed by atoms with E-state index in [1.165, 1.54) is 22.5 Å². The van der Waals surface area contributed by atoms with Gasteiger partial charge in [0.1, 0.15) is 17.8 Å². The number of ether oxygens (including phenoxy) is 2. The molecule has 0 aliphatic rings. The van der Waals surface area contributed by atoms with Gasteiger partial charge in [-0.15, -0.1) is 11.8 Å². The topological polar surface area (TPSA) is 72.8 Å². The van der Waals surface area contributed by atoms with E-state index in [1.54, 1.807) is 12.1 Å². The van der Waals surface area contributed by atoms with Crippen molar-refractivity contribution < 1.29 is 24.2 Å². The van der Waals surface area contributed by atoms with Crippen molar-refractivity contribution in [2.75, 3.05) is 12.4 Å². The quantitative estimate of drug-likeness (QED) is 0.185. The van der Waals surface area contributed by atoms with Crippen LogP contribution in [-0.2, 0) is 4.79 Å². The Morgan fingerprint density at radius 1 is 0.917 bits per heavy atom. The van der Waals surface area contributed by atoms with Gasteiger partial charge in [0.05, 0.1) is 18.5 Å². The Kier molecular flexibility index (Phi) is 10.4. The van der Waals surface area contributed by atoms with Crippen LogP contribution in [0.2, 0.25) is 0 Å². The maximum atomic E-state index is 10.7. The van der Waals surface area contributed by atoms with E-state index in [0.717, 1.165) is 40.2 Å². The Hall–Kier alpha value is -3.77. The van der Waals surface area contributed by atoms with Crippen molar-refractivity contribution >= 4 is 34.8 Å². The number of aliphatic carboxylic acids is 1. The van der Waals surface area contributed by atoms with Crippen molar-refractivity contribution in [3.05, 3.63) is 102 Å². The molecule has 0 saturated carbocycles. The highest BCUT2D eigenvalue weighted by Crippen LogP contribution is 2.26. The smallest absolute Gasteiger partial charge is 0.313 e. The molecule has 0 radical (unpaired) electrons. The number of fused-ring (bicyclic) bond motifs is 1. The average molecular weight is 503 g/mol. The summed E-state index contributed by atoms with van der Waals surface area (Å²) in [5.41, 5.74) is 1.75. The third-order valence-electron chi connectivity index (χ3n) is 5.28. The second kappa shape index (κ2) is 14.0. The predicted octanol–water partition coefficient (Wildman–Crippen LogP) is 7.06. The molecule has 0 bridgehead atoms. The van der Waals surface area contributed by atoms with Crippen molar-refractivity contribution in [1.82, 2.24) is 0 Å². The summed E-state index contributed by atoms with van der Waals surface area (Å²) in [5, 5.41) is 11.2. The number of aldehydes is 1. The largest absolute Gasteiger partial charge is 0.493 e. The molecule has 0 aliphatic heterocycles. The summed E-state index contributed by atoms with van der Waals surface area (Å²) >= 11 is 1.32. The number of carbonyl (C=O) groups is 2. The number of rotatable bonds is 10. The number of carboxylic acids is 1. The third-order valence-corrected chi connectivity index (χ3v) is 6.44. The van der Waals surface area contributed by atoms with Gasteiger partial charge in [-0.1, -0.05) is 60.7 Å². The third kappa shape index (κ3) is 8.78. The zero-order chi connectivity index (χ0) is 25.8. The molecule has 4 aromatic rings. The van der Waals surface area contributed by atoms with E-state index in [9.17, 15) is 9.59 Å². The highest BCUT2D eigenvalue weighted by Gasteiger charge is 2.08. The van der Waals surface area contributed by atoms with Crippen molar-refractivity contribution in [2.24, 2.45) is 0 Å². The van der Waals surface area contributed by atoms with E-state index < -0.39 is 5.97 Å². The van der Waals surface area contributed by atoms with Gasteiger partial charge in [-0.2, -0.15) is 0 Å². The molecule has 0 fully saturated rings. The molecular weight excluding hydrogens is 472 g/mol. The number of hydrogen-bond acceptors (Lipinski definition) is 5. The minimum Gasteiger partial charge on any atom is -0.493 e. The fraction of sp³-hybridized carbons (Fsp3) is 0.200. The number of thioether (sulfide) groups is 1. The number of hydrogen-bond donors (Lipinski definition) is 1.